The molecule has 106 valence electrons. The van der Waals surface area contributed by atoms with Crippen molar-refractivity contribution in [2.24, 2.45) is 0 Å². The highest BCUT2D eigenvalue weighted by atomic mass is 32.1. The highest BCUT2D eigenvalue weighted by molar-refractivity contribution is 7.17. The van der Waals surface area contributed by atoms with Gasteiger partial charge in [0.25, 0.3) is 5.91 Å². The lowest BCUT2D eigenvalue weighted by atomic mass is 10.2. The number of benzene rings is 1. The molecule has 1 heterocycles. The van der Waals surface area contributed by atoms with E-state index in [0.29, 0.717) is 17.2 Å². The number of rotatable bonds is 6. The summed E-state index contributed by atoms with van der Waals surface area (Å²) in [5.74, 6) is -0.196. The number of amides is 1. The lowest BCUT2D eigenvalue weighted by Crippen LogP contribution is -2.25. The van der Waals surface area contributed by atoms with Crippen LogP contribution in [0.15, 0.2) is 30.3 Å². The van der Waals surface area contributed by atoms with E-state index in [0.717, 1.165) is 10.6 Å². The van der Waals surface area contributed by atoms with Crippen molar-refractivity contribution in [3.05, 3.63) is 40.9 Å². The van der Waals surface area contributed by atoms with Crippen molar-refractivity contribution in [1.82, 2.24) is 10.3 Å². The van der Waals surface area contributed by atoms with E-state index in [1.54, 1.807) is 7.11 Å². The van der Waals surface area contributed by atoms with Crippen LogP contribution in [-0.2, 0) is 16.1 Å². The SMILES string of the molecule is COCNC(=O)c1sc(-c2ccccc2)nc1COC. The molecule has 5 nitrogen and oxygen atoms in total. The standard InChI is InChI=1S/C14H16N2O3S/c1-18-8-11-12(13(17)15-9-19-2)20-14(16-11)10-6-4-3-5-7-10/h3-7H,8-9H2,1-2H3,(H,15,17). The van der Waals surface area contributed by atoms with Gasteiger partial charge in [0.15, 0.2) is 0 Å². The summed E-state index contributed by atoms with van der Waals surface area (Å²) < 4.78 is 9.95. The Hall–Kier alpha value is -1.76. The number of hydrogen-bond donors (Lipinski definition) is 1. The van der Waals surface area contributed by atoms with Crippen LogP contribution in [0, 0.1) is 0 Å². The molecule has 0 saturated carbocycles. The van der Waals surface area contributed by atoms with Gasteiger partial charge in [-0.2, -0.15) is 0 Å². The molecule has 20 heavy (non-hydrogen) atoms. The summed E-state index contributed by atoms with van der Waals surface area (Å²) in [6, 6.07) is 9.76. The summed E-state index contributed by atoms with van der Waals surface area (Å²) in [6.07, 6.45) is 0. The molecule has 0 fully saturated rings. The minimum absolute atomic E-state index is 0.170. The number of nitrogens with zero attached hydrogens (tertiary/aromatic N) is 1. The molecular weight excluding hydrogens is 276 g/mol. The second-order valence-corrected chi connectivity index (χ2v) is 5.03. The first-order valence-electron chi connectivity index (χ1n) is 6.07. The molecule has 6 heteroatoms. The van der Waals surface area contributed by atoms with Gasteiger partial charge in [-0.25, -0.2) is 4.98 Å². The van der Waals surface area contributed by atoms with Crippen LogP contribution in [-0.4, -0.2) is 31.8 Å². The Labute approximate surface area is 121 Å². The van der Waals surface area contributed by atoms with Gasteiger partial charge in [-0.15, -0.1) is 11.3 Å². The van der Waals surface area contributed by atoms with E-state index >= 15 is 0 Å². The average Bonchev–Trinajstić information content (AvgIpc) is 2.90. The zero-order valence-electron chi connectivity index (χ0n) is 11.4. The topological polar surface area (TPSA) is 60.5 Å². The van der Waals surface area contributed by atoms with Crippen molar-refractivity contribution >= 4 is 17.2 Å². The largest absolute Gasteiger partial charge is 0.378 e. The minimum Gasteiger partial charge on any atom is -0.378 e. The average molecular weight is 292 g/mol. The van der Waals surface area contributed by atoms with E-state index in [9.17, 15) is 4.79 Å². The van der Waals surface area contributed by atoms with Crippen molar-refractivity contribution in [3.8, 4) is 10.6 Å². The van der Waals surface area contributed by atoms with E-state index in [4.69, 9.17) is 9.47 Å². The fraction of sp³-hybridized carbons (Fsp3) is 0.286. The summed E-state index contributed by atoms with van der Waals surface area (Å²) in [6.45, 7) is 0.475. The molecule has 0 bridgehead atoms. The van der Waals surface area contributed by atoms with Crippen LogP contribution in [0.5, 0.6) is 0 Å². The molecule has 1 amide bonds. The van der Waals surface area contributed by atoms with Crippen LogP contribution < -0.4 is 5.32 Å². The third-order valence-electron chi connectivity index (χ3n) is 2.58. The van der Waals surface area contributed by atoms with E-state index in [-0.39, 0.29) is 12.6 Å². The molecule has 2 aromatic rings. The quantitative estimate of drug-likeness (QED) is 0.830. The van der Waals surface area contributed by atoms with Crippen LogP contribution in [0.4, 0.5) is 0 Å². The molecule has 0 radical (unpaired) electrons. The van der Waals surface area contributed by atoms with Gasteiger partial charge in [-0.1, -0.05) is 30.3 Å². The molecule has 1 aromatic carbocycles. The molecule has 0 unspecified atom stereocenters. The lowest BCUT2D eigenvalue weighted by Gasteiger charge is -2.02. The predicted molar refractivity (Wildman–Crippen MR) is 77.6 cm³/mol. The van der Waals surface area contributed by atoms with Gasteiger partial charge in [0.2, 0.25) is 0 Å². The normalized spacial score (nSPS) is 10.5. The van der Waals surface area contributed by atoms with Crippen molar-refractivity contribution in [3.63, 3.8) is 0 Å². The molecule has 0 saturated heterocycles. The molecule has 1 N–H and O–H groups in total. The number of carbonyl (C=O) groups is 1. The third kappa shape index (κ3) is 3.41. The Morgan fingerprint density at radius 3 is 2.65 bits per heavy atom. The zero-order chi connectivity index (χ0) is 14.4. The molecular formula is C14H16N2O3S. The second kappa shape index (κ2) is 7.14. The summed E-state index contributed by atoms with van der Waals surface area (Å²) in [7, 11) is 3.11. The van der Waals surface area contributed by atoms with Crippen molar-refractivity contribution in [1.29, 1.82) is 0 Å². The van der Waals surface area contributed by atoms with Gasteiger partial charge < -0.3 is 14.8 Å². The maximum atomic E-state index is 12.1. The van der Waals surface area contributed by atoms with Gasteiger partial charge in [-0.3, -0.25) is 4.79 Å². The van der Waals surface area contributed by atoms with Crippen LogP contribution >= 0.6 is 11.3 Å². The maximum Gasteiger partial charge on any atom is 0.265 e. The number of carbonyl (C=O) groups excluding carboxylic acids is 1. The smallest absolute Gasteiger partial charge is 0.265 e. The van der Waals surface area contributed by atoms with Crippen LogP contribution in [0.3, 0.4) is 0 Å². The summed E-state index contributed by atoms with van der Waals surface area (Å²) in [5, 5.41) is 3.47. The van der Waals surface area contributed by atoms with Gasteiger partial charge in [0, 0.05) is 19.8 Å². The Morgan fingerprint density at radius 2 is 2.00 bits per heavy atom. The van der Waals surface area contributed by atoms with Gasteiger partial charge in [-0.05, 0) is 0 Å². The number of methoxy groups -OCH3 is 2. The number of thiazole rings is 1. The number of aromatic nitrogens is 1. The Bertz CT molecular complexity index is 569. The molecule has 0 aliphatic rings. The molecule has 2 rings (SSSR count). The fourth-order valence-electron chi connectivity index (χ4n) is 1.69. The van der Waals surface area contributed by atoms with Gasteiger partial charge in [0.1, 0.15) is 16.6 Å². The van der Waals surface area contributed by atoms with E-state index < -0.39 is 0 Å². The third-order valence-corrected chi connectivity index (χ3v) is 3.73. The fourth-order valence-corrected chi connectivity index (χ4v) is 2.68. The Morgan fingerprint density at radius 1 is 1.25 bits per heavy atom. The zero-order valence-corrected chi connectivity index (χ0v) is 12.2. The monoisotopic (exact) mass is 292 g/mol. The first-order valence-corrected chi connectivity index (χ1v) is 6.89. The number of hydrogen-bond acceptors (Lipinski definition) is 5. The van der Waals surface area contributed by atoms with Crippen LogP contribution in [0.1, 0.15) is 15.4 Å². The summed E-state index contributed by atoms with van der Waals surface area (Å²) in [5.41, 5.74) is 1.63. The van der Waals surface area contributed by atoms with E-state index in [1.807, 2.05) is 30.3 Å². The molecule has 0 aliphatic carbocycles. The van der Waals surface area contributed by atoms with E-state index in [1.165, 1.54) is 18.4 Å². The predicted octanol–water partition coefficient (Wildman–Crippen LogP) is 2.29. The van der Waals surface area contributed by atoms with Gasteiger partial charge >= 0.3 is 0 Å². The lowest BCUT2D eigenvalue weighted by molar-refractivity contribution is 0.0871. The summed E-state index contributed by atoms with van der Waals surface area (Å²) in [4.78, 5) is 17.1. The van der Waals surface area contributed by atoms with Crippen LogP contribution in [0.25, 0.3) is 10.6 Å². The van der Waals surface area contributed by atoms with Crippen molar-refractivity contribution in [2.45, 2.75) is 6.61 Å². The minimum atomic E-state index is -0.196. The molecule has 1 aromatic heterocycles. The molecule has 0 spiro atoms. The number of nitrogens with one attached hydrogen (secondary N) is 1. The molecule has 0 atom stereocenters. The Kier molecular flexibility index (Phi) is 5.23. The van der Waals surface area contributed by atoms with Crippen molar-refractivity contribution in [2.75, 3.05) is 21.0 Å². The Balaban J connectivity index is 2.31. The first kappa shape index (κ1) is 14.6. The van der Waals surface area contributed by atoms with Gasteiger partial charge in [0.05, 0.1) is 12.3 Å². The maximum absolute atomic E-state index is 12.1. The highest BCUT2D eigenvalue weighted by Crippen LogP contribution is 2.28. The second-order valence-electron chi connectivity index (χ2n) is 4.03. The molecule has 0 aliphatic heterocycles. The number of ether oxygens (including phenoxy) is 2. The highest BCUT2D eigenvalue weighted by Gasteiger charge is 2.18. The first-order chi connectivity index (χ1) is 9.76. The van der Waals surface area contributed by atoms with Crippen molar-refractivity contribution < 1.29 is 14.3 Å². The van der Waals surface area contributed by atoms with E-state index in [2.05, 4.69) is 10.3 Å². The van der Waals surface area contributed by atoms with Crippen LogP contribution in [0.2, 0.25) is 0 Å². The summed E-state index contributed by atoms with van der Waals surface area (Å²) >= 11 is 1.35.